The Hall–Kier alpha value is -2.90. The maximum atomic E-state index is 13.4. The molecule has 32 heavy (non-hydrogen) atoms. The van der Waals surface area contributed by atoms with Gasteiger partial charge >= 0.3 is 6.09 Å². The average molecular weight is 442 g/mol. The number of rotatable bonds is 10. The molecule has 1 N–H and O–H groups in total. The smallest absolute Gasteiger partial charge is 0.417 e. The standard InChI is InChI=1S/C25H31NO6/c1-4-30-21-14-11-19(12-15-21)22(27)23(32-17(2)3)24(28)26-20(16-31-25(26)29)13-10-18-8-6-5-7-9-18/h5-9,11-12,14-15,17,20,22-23,27H,4,10,13,16H2,1-3H3/t20?,22?,23-/m0/s1. The minimum atomic E-state index is -1.25. The van der Waals surface area contributed by atoms with Crippen LogP contribution in [0.2, 0.25) is 0 Å². The van der Waals surface area contributed by atoms with Crippen LogP contribution in [0.25, 0.3) is 0 Å². The highest BCUT2D eigenvalue weighted by atomic mass is 16.6. The van der Waals surface area contributed by atoms with E-state index in [2.05, 4.69) is 0 Å². The predicted molar refractivity (Wildman–Crippen MR) is 119 cm³/mol. The van der Waals surface area contributed by atoms with Crippen molar-refractivity contribution in [2.24, 2.45) is 0 Å². The van der Waals surface area contributed by atoms with E-state index in [4.69, 9.17) is 14.2 Å². The first kappa shape index (κ1) is 23.8. The van der Waals surface area contributed by atoms with E-state index >= 15 is 0 Å². The van der Waals surface area contributed by atoms with E-state index in [9.17, 15) is 14.7 Å². The summed E-state index contributed by atoms with van der Waals surface area (Å²) in [6, 6.07) is 16.3. The second-order valence-corrected chi connectivity index (χ2v) is 8.02. The SMILES string of the molecule is CCOc1ccc(C(O)[C@H](OC(C)C)C(=O)N2C(=O)OCC2CCc2ccccc2)cc1. The van der Waals surface area contributed by atoms with Crippen molar-refractivity contribution in [3.63, 3.8) is 0 Å². The second-order valence-electron chi connectivity index (χ2n) is 8.02. The highest BCUT2D eigenvalue weighted by molar-refractivity contribution is 5.96. The summed E-state index contributed by atoms with van der Waals surface area (Å²) in [5, 5.41) is 11.0. The highest BCUT2D eigenvalue weighted by Crippen LogP contribution is 2.27. The van der Waals surface area contributed by atoms with Gasteiger partial charge in [0.15, 0.2) is 6.10 Å². The molecule has 1 heterocycles. The second kappa shape index (κ2) is 11.1. The molecular formula is C25H31NO6. The molecule has 3 atom stereocenters. The van der Waals surface area contributed by atoms with Gasteiger partial charge < -0.3 is 19.3 Å². The predicted octanol–water partition coefficient (Wildman–Crippen LogP) is 3.89. The van der Waals surface area contributed by atoms with Crippen molar-refractivity contribution in [3.05, 3.63) is 65.7 Å². The van der Waals surface area contributed by atoms with Crippen molar-refractivity contribution in [1.29, 1.82) is 0 Å². The number of carbonyl (C=O) groups is 2. The Bertz CT molecular complexity index is 883. The molecule has 1 saturated heterocycles. The molecule has 0 radical (unpaired) electrons. The third-order valence-electron chi connectivity index (χ3n) is 5.29. The molecular weight excluding hydrogens is 410 g/mol. The third kappa shape index (κ3) is 5.87. The van der Waals surface area contributed by atoms with Crippen LogP contribution in [-0.2, 0) is 20.7 Å². The molecule has 1 aliphatic heterocycles. The lowest BCUT2D eigenvalue weighted by Crippen LogP contribution is -2.48. The molecule has 0 aromatic heterocycles. The molecule has 2 aromatic rings. The average Bonchev–Trinajstić information content (AvgIpc) is 3.16. The number of aliphatic hydroxyl groups is 1. The summed E-state index contributed by atoms with van der Waals surface area (Å²) in [7, 11) is 0. The van der Waals surface area contributed by atoms with Gasteiger partial charge in [-0.1, -0.05) is 42.5 Å². The first-order valence-corrected chi connectivity index (χ1v) is 11.0. The summed E-state index contributed by atoms with van der Waals surface area (Å²) in [5.74, 6) is 0.0702. The fourth-order valence-electron chi connectivity index (χ4n) is 3.72. The number of aliphatic hydroxyl groups excluding tert-OH is 1. The summed E-state index contributed by atoms with van der Waals surface area (Å²) in [5.41, 5.74) is 1.62. The molecule has 2 amide bonds. The quantitative estimate of drug-likeness (QED) is 0.602. The zero-order valence-electron chi connectivity index (χ0n) is 18.8. The first-order valence-electron chi connectivity index (χ1n) is 11.0. The molecule has 172 valence electrons. The van der Waals surface area contributed by atoms with Crippen LogP contribution in [0, 0.1) is 0 Å². The maximum absolute atomic E-state index is 13.4. The summed E-state index contributed by atoms with van der Waals surface area (Å²) < 4.78 is 16.4. The molecule has 2 unspecified atom stereocenters. The molecule has 0 bridgehead atoms. The van der Waals surface area contributed by atoms with E-state index in [0.717, 1.165) is 10.5 Å². The van der Waals surface area contributed by atoms with Gasteiger partial charge in [-0.2, -0.15) is 0 Å². The lowest BCUT2D eigenvalue weighted by molar-refractivity contribution is -0.154. The Morgan fingerprint density at radius 2 is 1.84 bits per heavy atom. The molecule has 1 aliphatic rings. The Morgan fingerprint density at radius 1 is 1.16 bits per heavy atom. The van der Waals surface area contributed by atoms with Gasteiger partial charge in [-0.25, -0.2) is 9.69 Å². The number of hydrogen-bond donors (Lipinski definition) is 1. The van der Waals surface area contributed by atoms with Gasteiger partial charge in [-0.05, 0) is 56.9 Å². The Labute approximate surface area is 188 Å². The van der Waals surface area contributed by atoms with Gasteiger partial charge in [-0.15, -0.1) is 0 Å². The number of cyclic esters (lactones) is 1. The van der Waals surface area contributed by atoms with Gasteiger partial charge in [0.05, 0.1) is 18.8 Å². The van der Waals surface area contributed by atoms with Crippen molar-refractivity contribution >= 4 is 12.0 Å². The molecule has 0 aliphatic carbocycles. The molecule has 0 spiro atoms. The summed E-state index contributed by atoms with van der Waals surface area (Å²) >= 11 is 0. The van der Waals surface area contributed by atoms with E-state index in [-0.39, 0.29) is 12.7 Å². The van der Waals surface area contributed by atoms with Crippen molar-refractivity contribution in [2.75, 3.05) is 13.2 Å². The Kier molecular flexibility index (Phi) is 8.25. The van der Waals surface area contributed by atoms with Crippen LogP contribution in [0.5, 0.6) is 5.75 Å². The van der Waals surface area contributed by atoms with E-state index in [1.807, 2.05) is 37.3 Å². The minimum absolute atomic E-state index is 0.130. The molecule has 7 heteroatoms. The van der Waals surface area contributed by atoms with Crippen LogP contribution in [0.1, 0.15) is 44.4 Å². The number of imide groups is 1. The highest BCUT2D eigenvalue weighted by Gasteiger charge is 2.43. The lowest BCUT2D eigenvalue weighted by atomic mass is 10.0. The van der Waals surface area contributed by atoms with E-state index < -0.39 is 30.3 Å². The summed E-state index contributed by atoms with van der Waals surface area (Å²) in [6.07, 6.45) is -2.26. The van der Waals surface area contributed by atoms with Crippen LogP contribution in [-0.4, -0.2) is 53.5 Å². The van der Waals surface area contributed by atoms with Crippen LogP contribution >= 0.6 is 0 Å². The summed E-state index contributed by atoms with van der Waals surface area (Å²) in [4.78, 5) is 27.0. The Morgan fingerprint density at radius 3 is 2.47 bits per heavy atom. The number of carbonyl (C=O) groups excluding carboxylic acids is 2. The van der Waals surface area contributed by atoms with Crippen LogP contribution in [0.4, 0.5) is 4.79 Å². The molecule has 0 saturated carbocycles. The van der Waals surface area contributed by atoms with Gasteiger partial charge in [0, 0.05) is 0 Å². The number of amides is 2. The molecule has 3 rings (SSSR count). The van der Waals surface area contributed by atoms with Crippen molar-refractivity contribution in [2.45, 2.75) is 58.0 Å². The van der Waals surface area contributed by atoms with Gasteiger partial charge in [0.2, 0.25) is 0 Å². The third-order valence-corrected chi connectivity index (χ3v) is 5.29. The monoisotopic (exact) mass is 441 g/mol. The van der Waals surface area contributed by atoms with Gasteiger partial charge in [-0.3, -0.25) is 4.79 Å². The van der Waals surface area contributed by atoms with Crippen molar-refractivity contribution in [1.82, 2.24) is 4.90 Å². The number of nitrogens with zero attached hydrogens (tertiary/aromatic N) is 1. The molecule has 1 fully saturated rings. The topological polar surface area (TPSA) is 85.3 Å². The van der Waals surface area contributed by atoms with Crippen molar-refractivity contribution in [3.8, 4) is 5.75 Å². The lowest BCUT2D eigenvalue weighted by Gasteiger charge is -2.29. The largest absolute Gasteiger partial charge is 0.494 e. The van der Waals surface area contributed by atoms with E-state index in [1.165, 1.54) is 0 Å². The zero-order chi connectivity index (χ0) is 23.1. The fourth-order valence-corrected chi connectivity index (χ4v) is 3.72. The normalized spacial score (nSPS) is 17.8. The Balaban J connectivity index is 1.77. The fraction of sp³-hybridized carbons (Fsp3) is 0.440. The minimum Gasteiger partial charge on any atom is -0.494 e. The number of aryl methyl sites for hydroxylation is 1. The van der Waals surface area contributed by atoms with Crippen molar-refractivity contribution < 1.29 is 28.9 Å². The van der Waals surface area contributed by atoms with Crippen LogP contribution in [0.15, 0.2) is 54.6 Å². The molecule has 2 aromatic carbocycles. The maximum Gasteiger partial charge on any atom is 0.417 e. The van der Waals surface area contributed by atoms with E-state index in [0.29, 0.717) is 30.8 Å². The molecule has 7 nitrogen and oxygen atoms in total. The number of ether oxygens (including phenoxy) is 3. The zero-order valence-corrected chi connectivity index (χ0v) is 18.8. The van der Waals surface area contributed by atoms with Gasteiger partial charge in [0.25, 0.3) is 5.91 Å². The van der Waals surface area contributed by atoms with E-state index in [1.54, 1.807) is 38.1 Å². The van der Waals surface area contributed by atoms with Crippen LogP contribution < -0.4 is 4.74 Å². The first-order chi connectivity index (χ1) is 15.4. The van der Waals surface area contributed by atoms with Crippen LogP contribution in [0.3, 0.4) is 0 Å². The number of benzene rings is 2. The number of hydrogen-bond acceptors (Lipinski definition) is 6. The van der Waals surface area contributed by atoms with Gasteiger partial charge in [0.1, 0.15) is 18.5 Å². The summed E-state index contributed by atoms with van der Waals surface area (Å²) in [6.45, 7) is 6.10.